The lowest BCUT2D eigenvalue weighted by molar-refractivity contribution is -0.134. The molecular formula is C18H16N2O5S. The third-order valence-corrected chi connectivity index (χ3v) is 4.08. The summed E-state index contributed by atoms with van der Waals surface area (Å²) in [7, 11) is 2.86. The maximum atomic E-state index is 11.2. The van der Waals surface area contributed by atoms with Gasteiger partial charge in [0.1, 0.15) is 0 Å². The third kappa shape index (κ3) is 4.28. The van der Waals surface area contributed by atoms with Crippen molar-refractivity contribution >= 4 is 23.4 Å². The molecule has 8 heteroatoms. The van der Waals surface area contributed by atoms with E-state index in [2.05, 4.69) is 14.9 Å². The molecule has 0 spiro atoms. The Morgan fingerprint density at radius 1 is 1.27 bits per heavy atom. The molecule has 0 saturated carbocycles. The monoisotopic (exact) mass is 372 g/mol. The van der Waals surface area contributed by atoms with Crippen LogP contribution in [0.1, 0.15) is 11.5 Å². The molecule has 2 heterocycles. The Kier molecular flexibility index (Phi) is 5.65. The third-order valence-electron chi connectivity index (χ3n) is 3.40. The molecule has 2 aromatic heterocycles. The van der Waals surface area contributed by atoms with Gasteiger partial charge < -0.3 is 18.7 Å². The number of methoxy groups -OCH3 is 2. The van der Waals surface area contributed by atoms with Crippen molar-refractivity contribution in [1.82, 2.24) is 10.1 Å². The fourth-order valence-electron chi connectivity index (χ4n) is 2.10. The number of rotatable bonds is 7. The number of nitrogens with zero attached hydrogens (tertiary/aromatic N) is 2. The van der Waals surface area contributed by atoms with Gasteiger partial charge in [0.05, 0.1) is 14.2 Å². The van der Waals surface area contributed by atoms with Gasteiger partial charge in [-0.2, -0.15) is 16.3 Å². The standard InChI is InChI=1S/C18H16N2O5S/c1-22-15-9-12(4-6-17(21)23-2)3-5-14(15)24-10-16-19-18(20-25-16)13-7-8-26-11-13/h3-9,11H,10H2,1-2H3. The Bertz CT molecular complexity index is 902. The molecule has 1 aromatic carbocycles. The summed E-state index contributed by atoms with van der Waals surface area (Å²) in [6.45, 7) is 0.116. The van der Waals surface area contributed by atoms with Gasteiger partial charge in [-0.15, -0.1) is 0 Å². The van der Waals surface area contributed by atoms with Gasteiger partial charge >= 0.3 is 5.97 Å². The van der Waals surface area contributed by atoms with E-state index < -0.39 is 5.97 Å². The first-order chi connectivity index (χ1) is 12.7. The zero-order valence-corrected chi connectivity index (χ0v) is 15.0. The van der Waals surface area contributed by atoms with E-state index in [9.17, 15) is 4.79 Å². The fraction of sp³-hybridized carbons (Fsp3) is 0.167. The van der Waals surface area contributed by atoms with Crippen LogP contribution in [0.2, 0.25) is 0 Å². The second kappa shape index (κ2) is 8.30. The van der Waals surface area contributed by atoms with E-state index >= 15 is 0 Å². The molecule has 7 nitrogen and oxygen atoms in total. The molecule has 26 heavy (non-hydrogen) atoms. The molecule has 134 valence electrons. The lowest BCUT2D eigenvalue weighted by Gasteiger charge is -2.09. The SMILES string of the molecule is COC(=O)C=Cc1ccc(OCc2nc(-c3ccsc3)no2)c(OC)c1. The van der Waals surface area contributed by atoms with Gasteiger partial charge in [0.15, 0.2) is 18.1 Å². The van der Waals surface area contributed by atoms with Crippen LogP contribution in [0.3, 0.4) is 0 Å². The minimum atomic E-state index is -0.429. The van der Waals surface area contributed by atoms with Crippen molar-refractivity contribution < 1.29 is 23.5 Å². The fourth-order valence-corrected chi connectivity index (χ4v) is 2.74. The largest absolute Gasteiger partial charge is 0.493 e. The summed E-state index contributed by atoms with van der Waals surface area (Å²) in [5.41, 5.74) is 1.68. The maximum absolute atomic E-state index is 11.2. The van der Waals surface area contributed by atoms with Gasteiger partial charge in [-0.3, -0.25) is 0 Å². The molecule has 0 unspecified atom stereocenters. The number of esters is 1. The predicted octanol–water partition coefficient (Wildman–Crippen LogP) is 3.57. The summed E-state index contributed by atoms with van der Waals surface area (Å²) in [6.07, 6.45) is 2.96. The van der Waals surface area contributed by atoms with Crippen LogP contribution in [-0.4, -0.2) is 30.3 Å². The van der Waals surface area contributed by atoms with Crippen molar-refractivity contribution in [3.63, 3.8) is 0 Å². The van der Waals surface area contributed by atoms with Crippen LogP contribution >= 0.6 is 11.3 Å². The average Bonchev–Trinajstić information content (AvgIpc) is 3.36. The molecular weight excluding hydrogens is 356 g/mol. The van der Waals surface area contributed by atoms with Gasteiger partial charge in [0, 0.05) is 17.0 Å². The number of carbonyl (C=O) groups excluding carboxylic acids is 1. The highest BCUT2D eigenvalue weighted by atomic mass is 32.1. The first kappa shape index (κ1) is 17.7. The normalized spacial score (nSPS) is 10.8. The summed E-state index contributed by atoms with van der Waals surface area (Å²) in [5.74, 6) is 1.51. The molecule has 3 rings (SSSR count). The number of hydrogen-bond donors (Lipinski definition) is 0. The lowest BCUT2D eigenvalue weighted by Crippen LogP contribution is -1.98. The highest BCUT2D eigenvalue weighted by Gasteiger charge is 2.11. The molecule has 0 aliphatic rings. The smallest absolute Gasteiger partial charge is 0.330 e. The Labute approximate surface area is 153 Å². The Morgan fingerprint density at radius 3 is 2.88 bits per heavy atom. The van der Waals surface area contributed by atoms with Gasteiger partial charge in [-0.1, -0.05) is 11.2 Å². The summed E-state index contributed by atoms with van der Waals surface area (Å²) in [5, 5.41) is 7.82. The number of benzene rings is 1. The van der Waals surface area contributed by atoms with Crippen molar-refractivity contribution in [1.29, 1.82) is 0 Å². The second-order valence-corrected chi connectivity index (χ2v) is 5.86. The Balaban J connectivity index is 1.68. The van der Waals surface area contributed by atoms with E-state index in [1.807, 2.05) is 16.8 Å². The highest BCUT2D eigenvalue weighted by Crippen LogP contribution is 2.29. The average molecular weight is 372 g/mol. The first-order valence-electron chi connectivity index (χ1n) is 7.61. The summed E-state index contributed by atoms with van der Waals surface area (Å²) in [6, 6.07) is 7.21. The van der Waals surface area contributed by atoms with E-state index in [1.165, 1.54) is 20.3 Å². The van der Waals surface area contributed by atoms with Crippen LogP contribution in [0.15, 0.2) is 45.6 Å². The zero-order valence-electron chi connectivity index (χ0n) is 14.2. The van der Waals surface area contributed by atoms with Crippen LogP contribution in [0.5, 0.6) is 11.5 Å². The van der Waals surface area contributed by atoms with Crippen LogP contribution in [0.25, 0.3) is 17.5 Å². The first-order valence-corrected chi connectivity index (χ1v) is 8.56. The summed E-state index contributed by atoms with van der Waals surface area (Å²) < 4.78 is 20.8. The minimum Gasteiger partial charge on any atom is -0.493 e. The number of aromatic nitrogens is 2. The minimum absolute atomic E-state index is 0.116. The molecule has 0 radical (unpaired) electrons. The van der Waals surface area contributed by atoms with Gasteiger partial charge in [0.25, 0.3) is 5.89 Å². The molecule has 0 N–H and O–H groups in total. The van der Waals surface area contributed by atoms with Crippen molar-refractivity contribution in [2.45, 2.75) is 6.61 Å². The van der Waals surface area contributed by atoms with Gasteiger partial charge in [-0.25, -0.2) is 4.79 Å². The molecule has 0 saturated heterocycles. The van der Waals surface area contributed by atoms with Crippen LogP contribution < -0.4 is 9.47 Å². The number of carbonyl (C=O) groups is 1. The van der Waals surface area contributed by atoms with Crippen molar-refractivity contribution in [2.75, 3.05) is 14.2 Å². The van der Waals surface area contributed by atoms with Crippen molar-refractivity contribution in [3.05, 3.63) is 52.6 Å². The molecule has 0 amide bonds. The van der Waals surface area contributed by atoms with E-state index in [4.69, 9.17) is 14.0 Å². The highest BCUT2D eigenvalue weighted by molar-refractivity contribution is 7.08. The van der Waals surface area contributed by atoms with Gasteiger partial charge in [0.2, 0.25) is 5.82 Å². The number of thiophene rings is 1. The quantitative estimate of drug-likeness (QED) is 0.463. The molecule has 0 atom stereocenters. The van der Waals surface area contributed by atoms with Gasteiger partial charge in [-0.05, 0) is 35.2 Å². The summed E-state index contributed by atoms with van der Waals surface area (Å²) in [4.78, 5) is 15.5. The molecule has 3 aromatic rings. The van der Waals surface area contributed by atoms with Crippen LogP contribution in [0.4, 0.5) is 0 Å². The Hall–Kier alpha value is -3.13. The van der Waals surface area contributed by atoms with E-state index in [1.54, 1.807) is 35.6 Å². The molecule has 0 bridgehead atoms. The number of hydrogen-bond acceptors (Lipinski definition) is 8. The molecule has 0 fully saturated rings. The maximum Gasteiger partial charge on any atom is 0.330 e. The van der Waals surface area contributed by atoms with Crippen molar-refractivity contribution in [3.8, 4) is 22.9 Å². The molecule has 0 aliphatic heterocycles. The number of ether oxygens (including phenoxy) is 3. The van der Waals surface area contributed by atoms with Crippen LogP contribution in [-0.2, 0) is 16.1 Å². The van der Waals surface area contributed by atoms with E-state index in [0.717, 1.165) is 11.1 Å². The second-order valence-electron chi connectivity index (χ2n) is 5.08. The molecule has 0 aliphatic carbocycles. The lowest BCUT2D eigenvalue weighted by atomic mass is 10.2. The van der Waals surface area contributed by atoms with Crippen LogP contribution in [0, 0.1) is 0 Å². The topological polar surface area (TPSA) is 83.7 Å². The zero-order chi connectivity index (χ0) is 18.4. The van der Waals surface area contributed by atoms with E-state index in [0.29, 0.717) is 23.2 Å². The van der Waals surface area contributed by atoms with Crippen molar-refractivity contribution in [2.24, 2.45) is 0 Å². The van der Waals surface area contributed by atoms with E-state index in [-0.39, 0.29) is 6.61 Å². The summed E-state index contributed by atoms with van der Waals surface area (Å²) >= 11 is 1.56. The Morgan fingerprint density at radius 2 is 2.15 bits per heavy atom. The predicted molar refractivity (Wildman–Crippen MR) is 96.0 cm³/mol.